The minimum Gasteiger partial charge on any atom is -0.462 e. The Labute approximate surface area is 198 Å². The molecule has 8 atom stereocenters. The number of fused-ring (bicyclic) bond motifs is 1. The molecular weight excluding hydrogens is 416 g/mol. The first kappa shape index (κ1) is 26.2. The summed E-state index contributed by atoms with van der Waals surface area (Å²) in [5.74, 6) is 1.63. The average molecular weight is 467 g/mol. The predicted molar refractivity (Wildman–Crippen MR) is 133 cm³/mol. The van der Waals surface area contributed by atoms with E-state index in [4.69, 9.17) is 9.16 Å². The Kier molecular flexibility index (Phi) is 7.37. The molecule has 3 aliphatic carbocycles. The molecule has 0 spiro atoms. The van der Waals surface area contributed by atoms with Crippen molar-refractivity contribution in [3.8, 4) is 0 Å². The van der Waals surface area contributed by atoms with Crippen molar-refractivity contribution < 1.29 is 19.1 Å². The van der Waals surface area contributed by atoms with Gasteiger partial charge in [0, 0.05) is 25.4 Å². The molecule has 3 aliphatic rings. The summed E-state index contributed by atoms with van der Waals surface area (Å²) in [5, 5.41) is 10.8. The van der Waals surface area contributed by atoms with Crippen LogP contribution in [0.5, 0.6) is 0 Å². The van der Waals surface area contributed by atoms with Crippen molar-refractivity contribution in [2.24, 2.45) is 34.5 Å². The number of esters is 1. The standard InChI is InChI=1S/C27H50O4Si/c1-18-10-11-22-24(31-19(2)28)23(13-15-26(18,22)6)27(7)14-12-21(29)16-20(27)17-30-32(8,9)25(3,4)5/h18,20-24,29H,10-17H2,1-9H3/t18?,20-,21+,22?,23?,24+,26-,27+/m1/s1. The Morgan fingerprint density at radius 2 is 1.62 bits per heavy atom. The minimum atomic E-state index is -1.88. The molecule has 3 rings (SSSR count). The smallest absolute Gasteiger partial charge is 0.302 e. The highest BCUT2D eigenvalue weighted by Gasteiger charge is 2.59. The number of hydrogen-bond acceptors (Lipinski definition) is 4. The van der Waals surface area contributed by atoms with Crippen molar-refractivity contribution in [3.05, 3.63) is 0 Å². The van der Waals surface area contributed by atoms with Gasteiger partial charge in [-0.3, -0.25) is 4.79 Å². The monoisotopic (exact) mass is 466 g/mol. The summed E-state index contributed by atoms with van der Waals surface area (Å²) in [6.07, 6.45) is 7.10. The molecule has 0 aromatic rings. The number of ether oxygens (including phenoxy) is 1. The van der Waals surface area contributed by atoms with Gasteiger partial charge in [0.2, 0.25) is 0 Å². The van der Waals surface area contributed by atoms with Gasteiger partial charge in [-0.05, 0) is 85.7 Å². The minimum absolute atomic E-state index is 0.00758. The van der Waals surface area contributed by atoms with E-state index < -0.39 is 8.32 Å². The van der Waals surface area contributed by atoms with Gasteiger partial charge in [-0.25, -0.2) is 0 Å². The average Bonchev–Trinajstić information content (AvgIpc) is 2.97. The Morgan fingerprint density at radius 3 is 2.22 bits per heavy atom. The lowest BCUT2D eigenvalue weighted by atomic mass is 9.51. The van der Waals surface area contributed by atoms with Crippen molar-refractivity contribution in [2.75, 3.05) is 6.61 Å². The first-order chi connectivity index (χ1) is 14.6. The number of aliphatic hydroxyl groups excluding tert-OH is 1. The largest absolute Gasteiger partial charge is 0.462 e. The lowest BCUT2D eigenvalue weighted by Crippen LogP contribution is -2.55. The molecule has 0 radical (unpaired) electrons. The highest BCUT2D eigenvalue weighted by molar-refractivity contribution is 6.74. The van der Waals surface area contributed by atoms with Crippen molar-refractivity contribution >= 4 is 14.3 Å². The topological polar surface area (TPSA) is 55.8 Å². The van der Waals surface area contributed by atoms with E-state index in [0.29, 0.717) is 30.3 Å². The lowest BCUT2D eigenvalue weighted by molar-refractivity contribution is -0.178. The van der Waals surface area contributed by atoms with E-state index in [2.05, 4.69) is 54.6 Å². The predicted octanol–water partition coefficient (Wildman–Crippen LogP) is 6.57. The number of carbonyl (C=O) groups excluding carboxylic acids is 1. The number of aliphatic hydroxyl groups is 1. The van der Waals surface area contributed by atoms with Gasteiger partial charge >= 0.3 is 5.97 Å². The first-order valence-electron chi connectivity index (χ1n) is 13.1. The van der Waals surface area contributed by atoms with Gasteiger partial charge in [0.15, 0.2) is 8.32 Å². The molecule has 186 valence electrons. The fourth-order valence-corrected chi connectivity index (χ4v) is 8.12. The van der Waals surface area contributed by atoms with Crippen LogP contribution in [0, 0.1) is 34.5 Å². The summed E-state index contributed by atoms with van der Waals surface area (Å²) in [6.45, 7) is 21.0. The molecule has 0 aliphatic heterocycles. The quantitative estimate of drug-likeness (QED) is 0.368. The molecule has 32 heavy (non-hydrogen) atoms. The zero-order chi connectivity index (χ0) is 24.1. The second-order valence-electron chi connectivity index (χ2n) is 13.5. The maximum absolute atomic E-state index is 12.2. The van der Waals surface area contributed by atoms with E-state index in [1.807, 2.05) is 0 Å². The van der Waals surface area contributed by atoms with Gasteiger partial charge in [-0.15, -0.1) is 0 Å². The molecule has 0 aromatic carbocycles. The van der Waals surface area contributed by atoms with E-state index in [0.717, 1.165) is 32.1 Å². The Morgan fingerprint density at radius 1 is 1.03 bits per heavy atom. The fraction of sp³-hybridized carbons (Fsp3) is 0.963. The molecule has 0 aromatic heterocycles. The van der Waals surface area contributed by atoms with Crippen LogP contribution in [0.1, 0.15) is 93.4 Å². The van der Waals surface area contributed by atoms with E-state index in [-0.39, 0.29) is 34.0 Å². The molecule has 0 amide bonds. The van der Waals surface area contributed by atoms with Gasteiger partial charge in [0.05, 0.1) is 6.10 Å². The summed E-state index contributed by atoms with van der Waals surface area (Å²) in [7, 11) is -1.88. The van der Waals surface area contributed by atoms with Crippen LogP contribution >= 0.6 is 0 Å². The molecule has 4 nitrogen and oxygen atoms in total. The van der Waals surface area contributed by atoms with Crippen molar-refractivity contribution in [3.63, 3.8) is 0 Å². The van der Waals surface area contributed by atoms with Gasteiger partial charge in [-0.1, -0.05) is 41.5 Å². The van der Waals surface area contributed by atoms with Gasteiger partial charge in [-0.2, -0.15) is 0 Å². The van der Waals surface area contributed by atoms with Crippen LogP contribution in [0.25, 0.3) is 0 Å². The molecule has 5 heteroatoms. The molecule has 3 saturated carbocycles. The van der Waals surface area contributed by atoms with Gasteiger partial charge in [0.25, 0.3) is 0 Å². The Balaban J connectivity index is 1.89. The third-order valence-electron chi connectivity index (χ3n) is 10.8. The maximum Gasteiger partial charge on any atom is 0.302 e. The van der Waals surface area contributed by atoms with Gasteiger partial charge in [0.1, 0.15) is 6.10 Å². The summed E-state index contributed by atoms with van der Waals surface area (Å²) in [5.41, 5.74) is 0.295. The van der Waals surface area contributed by atoms with E-state index in [1.54, 1.807) is 6.92 Å². The van der Waals surface area contributed by atoms with Crippen LogP contribution < -0.4 is 0 Å². The number of hydrogen-bond donors (Lipinski definition) is 1. The number of rotatable bonds is 5. The molecule has 0 heterocycles. The third kappa shape index (κ3) is 4.73. The summed E-state index contributed by atoms with van der Waals surface area (Å²) in [4.78, 5) is 12.2. The second-order valence-corrected chi connectivity index (χ2v) is 18.3. The molecule has 1 N–H and O–H groups in total. The molecular formula is C27H50O4Si. The maximum atomic E-state index is 12.2. The highest BCUT2D eigenvalue weighted by atomic mass is 28.4. The van der Waals surface area contributed by atoms with Crippen LogP contribution in [0.15, 0.2) is 0 Å². The Bertz CT molecular complexity index is 686. The fourth-order valence-electron chi connectivity index (χ4n) is 7.07. The van der Waals surface area contributed by atoms with Crippen LogP contribution in [0.2, 0.25) is 18.1 Å². The molecule has 3 fully saturated rings. The summed E-state index contributed by atoms with van der Waals surface area (Å²) in [6, 6.07) is 0. The Hall–Kier alpha value is -0.393. The van der Waals surface area contributed by atoms with Crippen LogP contribution in [-0.4, -0.2) is 38.2 Å². The normalized spacial score (nSPS) is 43.1. The highest BCUT2D eigenvalue weighted by Crippen LogP contribution is 2.62. The van der Waals surface area contributed by atoms with E-state index >= 15 is 0 Å². The van der Waals surface area contributed by atoms with Crippen LogP contribution in [0.3, 0.4) is 0 Å². The van der Waals surface area contributed by atoms with Crippen molar-refractivity contribution in [1.82, 2.24) is 0 Å². The first-order valence-corrected chi connectivity index (χ1v) is 16.0. The van der Waals surface area contributed by atoms with Gasteiger partial charge < -0.3 is 14.3 Å². The lowest BCUT2D eigenvalue weighted by Gasteiger charge is -2.56. The van der Waals surface area contributed by atoms with Crippen molar-refractivity contribution in [1.29, 1.82) is 0 Å². The van der Waals surface area contributed by atoms with E-state index in [1.165, 1.54) is 12.8 Å². The van der Waals surface area contributed by atoms with Crippen LogP contribution in [0.4, 0.5) is 0 Å². The summed E-state index contributed by atoms with van der Waals surface area (Å²) < 4.78 is 12.9. The molecule has 0 saturated heterocycles. The molecule has 3 unspecified atom stereocenters. The molecule has 0 bridgehead atoms. The summed E-state index contributed by atoms with van der Waals surface area (Å²) >= 11 is 0. The second kappa shape index (κ2) is 9.00. The number of carbonyl (C=O) groups is 1. The van der Waals surface area contributed by atoms with Crippen molar-refractivity contribution in [2.45, 2.75) is 124 Å². The third-order valence-corrected chi connectivity index (χ3v) is 15.3. The van der Waals surface area contributed by atoms with Crippen LogP contribution in [-0.2, 0) is 14.0 Å². The van der Waals surface area contributed by atoms with E-state index in [9.17, 15) is 9.90 Å². The zero-order valence-electron chi connectivity index (χ0n) is 22.3. The zero-order valence-corrected chi connectivity index (χ0v) is 23.3. The SMILES string of the molecule is CC(=O)O[C@H]1C2CCC(C)[C@@]2(C)CCC1[C@@]1(C)CC[C@H](O)C[C@@H]1CO[Si](C)(C)C(C)(C)C.